The molecular formula is C23H29NO2. The van der Waals surface area contributed by atoms with E-state index >= 15 is 0 Å². The van der Waals surface area contributed by atoms with E-state index in [4.69, 9.17) is 0 Å². The molecule has 0 spiro atoms. The van der Waals surface area contributed by atoms with Crippen LogP contribution in [0.2, 0.25) is 0 Å². The SMILES string of the molecule is OCC1CCC2(c3cccc(O)c3)CCN(CCc3ccccc3)C1C2. The van der Waals surface area contributed by atoms with E-state index in [0.29, 0.717) is 17.7 Å². The number of phenols is 1. The quantitative estimate of drug-likeness (QED) is 0.862. The molecule has 2 aliphatic rings. The molecule has 2 bridgehead atoms. The molecule has 3 heteroatoms. The summed E-state index contributed by atoms with van der Waals surface area (Å²) in [6, 6.07) is 19.0. The maximum absolute atomic E-state index is 9.95. The number of rotatable bonds is 5. The molecular weight excluding hydrogens is 322 g/mol. The molecule has 138 valence electrons. The molecule has 3 nitrogen and oxygen atoms in total. The molecule has 4 rings (SSSR count). The molecule has 26 heavy (non-hydrogen) atoms. The predicted octanol–water partition coefficient (Wildman–Crippen LogP) is 3.74. The highest BCUT2D eigenvalue weighted by molar-refractivity contribution is 5.34. The van der Waals surface area contributed by atoms with Crippen LogP contribution in [0.5, 0.6) is 5.75 Å². The Balaban J connectivity index is 1.52. The van der Waals surface area contributed by atoms with E-state index in [1.807, 2.05) is 12.1 Å². The minimum absolute atomic E-state index is 0.165. The highest BCUT2D eigenvalue weighted by Gasteiger charge is 2.47. The van der Waals surface area contributed by atoms with Crippen LogP contribution >= 0.6 is 0 Å². The third-order valence-corrected chi connectivity index (χ3v) is 6.71. The number of aliphatic hydroxyl groups is 1. The van der Waals surface area contributed by atoms with Gasteiger partial charge in [-0.2, -0.15) is 0 Å². The molecule has 0 radical (unpaired) electrons. The molecule has 0 aromatic heterocycles. The molecule has 1 aliphatic heterocycles. The normalized spacial score (nSPS) is 28.8. The fourth-order valence-corrected chi connectivity index (χ4v) is 5.15. The Labute approximate surface area is 156 Å². The summed E-state index contributed by atoms with van der Waals surface area (Å²) in [6.45, 7) is 2.41. The first-order chi connectivity index (χ1) is 12.7. The zero-order valence-corrected chi connectivity index (χ0v) is 15.3. The molecule has 2 aromatic carbocycles. The summed E-state index contributed by atoms with van der Waals surface area (Å²) in [5, 5.41) is 19.9. The number of aliphatic hydroxyl groups excluding tert-OH is 1. The summed E-state index contributed by atoms with van der Waals surface area (Å²) in [5.41, 5.74) is 2.83. The minimum Gasteiger partial charge on any atom is -0.508 e. The monoisotopic (exact) mass is 351 g/mol. The number of fused-ring (bicyclic) bond motifs is 2. The highest BCUT2D eigenvalue weighted by atomic mass is 16.3. The van der Waals surface area contributed by atoms with Gasteiger partial charge in [0.1, 0.15) is 5.75 Å². The molecule has 2 aromatic rings. The molecule has 2 fully saturated rings. The first-order valence-electron chi connectivity index (χ1n) is 9.88. The summed E-state index contributed by atoms with van der Waals surface area (Å²) < 4.78 is 0. The lowest BCUT2D eigenvalue weighted by atomic mass is 9.60. The zero-order valence-electron chi connectivity index (χ0n) is 15.3. The van der Waals surface area contributed by atoms with Crippen molar-refractivity contribution < 1.29 is 10.2 Å². The van der Waals surface area contributed by atoms with Gasteiger partial charge >= 0.3 is 0 Å². The van der Waals surface area contributed by atoms with Crippen molar-refractivity contribution >= 4 is 0 Å². The Bertz CT molecular complexity index is 732. The molecule has 1 heterocycles. The van der Waals surface area contributed by atoms with Crippen molar-refractivity contribution in [1.29, 1.82) is 0 Å². The predicted molar refractivity (Wildman–Crippen MR) is 104 cm³/mol. The second-order valence-electron chi connectivity index (χ2n) is 8.11. The summed E-state index contributed by atoms with van der Waals surface area (Å²) >= 11 is 0. The Morgan fingerprint density at radius 1 is 1.04 bits per heavy atom. The van der Waals surface area contributed by atoms with Crippen molar-refractivity contribution in [2.75, 3.05) is 19.7 Å². The molecule has 3 atom stereocenters. The maximum atomic E-state index is 9.95. The van der Waals surface area contributed by atoms with Crippen LogP contribution in [0.1, 0.15) is 36.8 Å². The van der Waals surface area contributed by atoms with Crippen molar-refractivity contribution in [3.63, 3.8) is 0 Å². The van der Waals surface area contributed by atoms with E-state index in [1.165, 1.54) is 11.1 Å². The standard InChI is InChI=1S/C23H29NO2/c25-17-19-9-11-23(20-7-4-8-21(26)15-20)12-14-24(22(19)16-23)13-10-18-5-2-1-3-6-18/h1-8,15,19,22,25-26H,9-14,16-17H2. The average molecular weight is 351 g/mol. The number of benzene rings is 2. The topological polar surface area (TPSA) is 43.7 Å². The molecule has 1 saturated heterocycles. The van der Waals surface area contributed by atoms with Crippen LogP contribution in [-0.2, 0) is 11.8 Å². The van der Waals surface area contributed by atoms with E-state index < -0.39 is 0 Å². The van der Waals surface area contributed by atoms with Gasteiger partial charge in [-0.1, -0.05) is 42.5 Å². The summed E-state index contributed by atoms with van der Waals surface area (Å²) in [5.74, 6) is 0.737. The number of phenolic OH excluding ortho intramolecular Hbond substituents is 1. The van der Waals surface area contributed by atoms with Crippen LogP contribution in [0.4, 0.5) is 0 Å². The number of likely N-dealkylation sites (tertiary alicyclic amines) is 1. The number of hydrogen-bond acceptors (Lipinski definition) is 3. The Kier molecular flexibility index (Phi) is 5.01. The Morgan fingerprint density at radius 2 is 1.88 bits per heavy atom. The smallest absolute Gasteiger partial charge is 0.115 e. The molecule has 1 aliphatic carbocycles. The average Bonchev–Trinajstić information content (AvgIpc) is 2.69. The lowest BCUT2D eigenvalue weighted by molar-refractivity contribution is -0.00754. The third-order valence-electron chi connectivity index (χ3n) is 6.71. The molecule has 0 amide bonds. The largest absolute Gasteiger partial charge is 0.508 e. The number of hydrogen-bond donors (Lipinski definition) is 2. The van der Waals surface area contributed by atoms with Crippen LogP contribution in [0.25, 0.3) is 0 Å². The molecule has 1 saturated carbocycles. The Hall–Kier alpha value is -1.84. The van der Waals surface area contributed by atoms with Crippen molar-refractivity contribution in [2.45, 2.75) is 43.6 Å². The van der Waals surface area contributed by atoms with E-state index in [2.05, 4.69) is 41.3 Å². The zero-order chi connectivity index (χ0) is 18.0. The van der Waals surface area contributed by atoms with Gasteiger partial charge < -0.3 is 10.2 Å². The van der Waals surface area contributed by atoms with Gasteiger partial charge in [0.15, 0.2) is 0 Å². The third kappa shape index (κ3) is 3.38. The summed E-state index contributed by atoms with van der Waals surface area (Å²) in [7, 11) is 0. The van der Waals surface area contributed by atoms with Gasteiger partial charge in [-0.25, -0.2) is 0 Å². The lowest BCUT2D eigenvalue weighted by Gasteiger charge is -2.54. The van der Waals surface area contributed by atoms with Gasteiger partial charge in [-0.05, 0) is 73.2 Å². The van der Waals surface area contributed by atoms with Gasteiger partial charge in [0.2, 0.25) is 0 Å². The van der Waals surface area contributed by atoms with Crippen molar-refractivity contribution in [3.8, 4) is 5.75 Å². The molecule has 2 N–H and O–H groups in total. The van der Waals surface area contributed by atoms with Gasteiger partial charge in [-0.3, -0.25) is 4.90 Å². The first-order valence-corrected chi connectivity index (χ1v) is 9.88. The second-order valence-corrected chi connectivity index (χ2v) is 8.11. The Morgan fingerprint density at radius 3 is 2.65 bits per heavy atom. The van der Waals surface area contributed by atoms with E-state index in [-0.39, 0.29) is 12.0 Å². The van der Waals surface area contributed by atoms with E-state index in [1.54, 1.807) is 6.07 Å². The summed E-state index contributed by atoms with van der Waals surface area (Å²) in [6.07, 6.45) is 5.48. The summed E-state index contributed by atoms with van der Waals surface area (Å²) in [4.78, 5) is 2.61. The fourth-order valence-electron chi connectivity index (χ4n) is 5.15. The van der Waals surface area contributed by atoms with Gasteiger partial charge in [0.25, 0.3) is 0 Å². The van der Waals surface area contributed by atoms with Crippen LogP contribution < -0.4 is 0 Å². The van der Waals surface area contributed by atoms with Crippen LogP contribution in [0.3, 0.4) is 0 Å². The second kappa shape index (κ2) is 7.42. The first kappa shape index (κ1) is 17.6. The lowest BCUT2D eigenvalue weighted by Crippen LogP contribution is -2.56. The molecule has 3 unspecified atom stereocenters. The number of piperidine rings is 1. The van der Waals surface area contributed by atoms with Crippen molar-refractivity contribution in [1.82, 2.24) is 4.90 Å². The van der Waals surface area contributed by atoms with Crippen molar-refractivity contribution in [2.24, 2.45) is 5.92 Å². The van der Waals surface area contributed by atoms with Crippen LogP contribution in [0.15, 0.2) is 54.6 Å². The van der Waals surface area contributed by atoms with E-state index in [9.17, 15) is 10.2 Å². The van der Waals surface area contributed by atoms with Crippen molar-refractivity contribution in [3.05, 3.63) is 65.7 Å². The maximum Gasteiger partial charge on any atom is 0.115 e. The fraction of sp³-hybridized carbons (Fsp3) is 0.478. The van der Waals surface area contributed by atoms with Crippen LogP contribution in [-0.4, -0.2) is 40.9 Å². The van der Waals surface area contributed by atoms with Gasteiger partial charge in [-0.15, -0.1) is 0 Å². The van der Waals surface area contributed by atoms with E-state index in [0.717, 1.165) is 45.2 Å². The minimum atomic E-state index is 0.165. The van der Waals surface area contributed by atoms with Crippen LogP contribution in [0, 0.1) is 5.92 Å². The number of aromatic hydroxyl groups is 1. The highest BCUT2D eigenvalue weighted by Crippen LogP contribution is 2.49. The van der Waals surface area contributed by atoms with Gasteiger partial charge in [0.05, 0.1) is 0 Å². The number of nitrogens with zero attached hydrogens (tertiary/aromatic N) is 1. The van der Waals surface area contributed by atoms with Gasteiger partial charge in [0, 0.05) is 19.2 Å².